The SMILES string of the molecule is CC1(C)O[C@H]2[C@H]([C@@H](Cc3ccccc3)S(=O)(=O)c3ccccc3)N(O)C[C@H]2O1. The molecule has 0 aliphatic carbocycles. The van der Waals surface area contributed by atoms with Crippen LogP contribution in [0.5, 0.6) is 0 Å². The molecule has 2 aliphatic heterocycles. The van der Waals surface area contributed by atoms with Crippen LogP contribution in [0, 0.1) is 0 Å². The minimum absolute atomic E-state index is 0.217. The van der Waals surface area contributed by atoms with E-state index in [0.717, 1.165) is 10.6 Å². The monoisotopic (exact) mass is 403 g/mol. The van der Waals surface area contributed by atoms with Crippen molar-refractivity contribution in [2.45, 2.75) is 54.5 Å². The van der Waals surface area contributed by atoms with Gasteiger partial charge in [-0.1, -0.05) is 48.5 Å². The van der Waals surface area contributed by atoms with Crippen LogP contribution in [-0.2, 0) is 25.7 Å². The fraction of sp³-hybridized carbons (Fsp3) is 0.429. The van der Waals surface area contributed by atoms with Crippen molar-refractivity contribution in [3.8, 4) is 0 Å². The molecule has 2 saturated heterocycles. The van der Waals surface area contributed by atoms with Crippen LogP contribution in [0.15, 0.2) is 65.6 Å². The first kappa shape index (κ1) is 19.5. The normalized spacial score (nSPS) is 28.2. The Kier molecular flexibility index (Phi) is 5.05. The standard InChI is InChI=1S/C21H25NO5S/c1-21(2)26-17-14-22(23)19(20(17)27-21)18(13-15-9-5-3-6-10-15)28(24,25)16-11-7-4-8-12-16/h3-12,17-20,23H,13-14H2,1-2H3/t17-,18-,19+,20-/m1/s1. The highest BCUT2D eigenvalue weighted by atomic mass is 32.2. The highest BCUT2D eigenvalue weighted by molar-refractivity contribution is 7.92. The average Bonchev–Trinajstić information content (AvgIpc) is 3.11. The molecule has 0 saturated carbocycles. The number of ether oxygens (including phenoxy) is 2. The Labute approximate surface area is 165 Å². The summed E-state index contributed by atoms with van der Waals surface area (Å²) in [4.78, 5) is 0.242. The van der Waals surface area contributed by atoms with Gasteiger partial charge in [0.05, 0.1) is 22.7 Å². The van der Waals surface area contributed by atoms with Gasteiger partial charge in [0, 0.05) is 0 Å². The molecule has 0 amide bonds. The van der Waals surface area contributed by atoms with Crippen molar-refractivity contribution >= 4 is 9.84 Å². The number of fused-ring (bicyclic) bond motifs is 1. The fourth-order valence-electron chi connectivity index (χ4n) is 4.22. The lowest BCUT2D eigenvalue weighted by Gasteiger charge is -2.32. The van der Waals surface area contributed by atoms with Gasteiger partial charge in [-0.05, 0) is 38.0 Å². The van der Waals surface area contributed by atoms with Gasteiger partial charge < -0.3 is 14.7 Å². The first-order valence-corrected chi connectivity index (χ1v) is 11.0. The third-order valence-corrected chi connectivity index (χ3v) is 7.57. The first-order valence-electron chi connectivity index (χ1n) is 9.42. The fourth-order valence-corrected chi connectivity index (χ4v) is 6.18. The lowest BCUT2D eigenvalue weighted by molar-refractivity contribution is -0.197. The third kappa shape index (κ3) is 3.60. The Morgan fingerprint density at radius 2 is 1.68 bits per heavy atom. The summed E-state index contributed by atoms with van der Waals surface area (Å²) in [6, 6.07) is 17.1. The van der Waals surface area contributed by atoms with E-state index >= 15 is 0 Å². The van der Waals surface area contributed by atoms with Gasteiger partial charge in [-0.15, -0.1) is 0 Å². The van der Waals surface area contributed by atoms with Crippen LogP contribution in [0.1, 0.15) is 19.4 Å². The molecule has 0 bridgehead atoms. The van der Waals surface area contributed by atoms with E-state index < -0.39 is 33.0 Å². The van der Waals surface area contributed by atoms with Gasteiger partial charge in [-0.25, -0.2) is 8.42 Å². The zero-order chi connectivity index (χ0) is 19.9. The van der Waals surface area contributed by atoms with Gasteiger partial charge in [0.2, 0.25) is 0 Å². The van der Waals surface area contributed by atoms with Crippen LogP contribution in [0.4, 0.5) is 0 Å². The minimum Gasteiger partial charge on any atom is -0.343 e. The first-order chi connectivity index (χ1) is 13.3. The van der Waals surface area contributed by atoms with Gasteiger partial charge >= 0.3 is 0 Å². The number of hydroxylamine groups is 2. The van der Waals surface area contributed by atoms with Crippen molar-refractivity contribution in [2.75, 3.05) is 6.54 Å². The maximum absolute atomic E-state index is 13.6. The van der Waals surface area contributed by atoms with Gasteiger partial charge in [-0.2, -0.15) is 5.06 Å². The van der Waals surface area contributed by atoms with Crippen molar-refractivity contribution in [1.82, 2.24) is 5.06 Å². The van der Waals surface area contributed by atoms with Crippen LogP contribution in [0.2, 0.25) is 0 Å². The van der Waals surface area contributed by atoms with Crippen molar-refractivity contribution < 1.29 is 23.1 Å². The molecule has 2 aromatic rings. The molecule has 0 spiro atoms. The summed E-state index contributed by atoms with van der Waals surface area (Å²) >= 11 is 0. The molecule has 4 atom stereocenters. The summed E-state index contributed by atoms with van der Waals surface area (Å²) in [7, 11) is -3.73. The molecule has 0 unspecified atom stereocenters. The Hall–Kier alpha value is -1.77. The zero-order valence-corrected chi connectivity index (χ0v) is 16.7. The molecule has 0 radical (unpaired) electrons. The Balaban J connectivity index is 1.75. The van der Waals surface area contributed by atoms with E-state index in [0.29, 0.717) is 0 Å². The number of rotatable bonds is 5. The third-order valence-electron chi connectivity index (χ3n) is 5.40. The zero-order valence-electron chi connectivity index (χ0n) is 15.9. The largest absolute Gasteiger partial charge is 0.343 e. The van der Waals surface area contributed by atoms with Crippen LogP contribution < -0.4 is 0 Å². The van der Waals surface area contributed by atoms with E-state index in [1.807, 2.05) is 44.2 Å². The number of sulfone groups is 1. The Bertz CT molecular complexity index is 916. The molecule has 4 rings (SSSR count). The second kappa shape index (κ2) is 7.24. The van der Waals surface area contributed by atoms with Crippen molar-refractivity contribution in [3.05, 3.63) is 66.2 Å². The summed E-state index contributed by atoms with van der Waals surface area (Å²) in [6.45, 7) is 3.83. The molecule has 6 nitrogen and oxygen atoms in total. The van der Waals surface area contributed by atoms with E-state index in [2.05, 4.69) is 0 Å². The van der Waals surface area contributed by atoms with Crippen molar-refractivity contribution in [1.29, 1.82) is 0 Å². The highest BCUT2D eigenvalue weighted by Crippen LogP contribution is 2.40. The molecule has 0 aromatic heterocycles. The summed E-state index contributed by atoms with van der Waals surface area (Å²) < 4.78 is 39.1. The number of hydrogen-bond acceptors (Lipinski definition) is 6. The maximum Gasteiger partial charge on any atom is 0.183 e. The molecule has 2 heterocycles. The summed E-state index contributed by atoms with van der Waals surface area (Å²) in [5, 5.41) is 10.8. The van der Waals surface area contributed by atoms with Gasteiger partial charge in [-0.3, -0.25) is 0 Å². The smallest absolute Gasteiger partial charge is 0.183 e. The summed E-state index contributed by atoms with van der Waals surface area (Å²) in [5.41, 5.74) is 0.891. The van der Waals surface area contributed by atoms with E-state index in [-0.39, 0.29) is 24.0 Å². The highest BCUT2D eigenvalue weighted by Gasteiger charge is 2.57. The number of hydrogen-bond donors (Lipinski definition) is 1. The molecule has 1 N–H and O–H groups in total. The molecule has 150 valence electrons. The molecular weight excluding hydrogens is 378 g/mol. The lowest BCUT2D eigenvalue weighted by Crippen LogP contribution is -2.49. The van der Waals surface area contributed by atoms with Crippen molar-refractivity contribution in [3.63, 3.8) is 0 Å². The Morgan fingerprint density at radius 3 is 2.32 bits per heavy atom. The summed E-state index contributed by atoms with van der Waals surface area (Å²) in [5.74, 6) is -0.803. The second-order valence-corrected chi connectivity index (χ2v) is 10.0. The van der Waals surface area contributed by atoms with E-state index in [4.69, 9.17) is 9.47 Å². The predicted octanol–water partition coefficient (Wildman–Crippen LogP) is 2.67. The molecule has 28 heavy (non-hydrogen) atoms. The van der Waals surface area contributed by atoms with Crippen LogP contribution in [-0.4, -0.2) is 54.5 Å². The number of benzene rings is 2. The van der Waals surface area contributed by atoms with E-state index in [9.17, 15) is 13.6 Å². The van der Waals surface area contributed by atoms with Gasteiger partial charge in [0.25, 0.3) is 0 Å². The Morgan fingerprint density at radius 1 is 1.07 bits per heavy atom. The molecular formula is C21H25NO5S. The number of nitrogens with zero attached hydrogens (tertiary/aromatic N) is 1. The minimum atomic E-state index is -3.73. The lowest BCUT2D eigenvalue weighted by atomic mass is 10.0. The topological polar surface area (TPSA) is 76.1 Å². The molecule has 2 aromatic carbocycles. The van der Waals surface area contributed by atoms with Gasteiger partial charge in [0.15, 0.2) is 15.6 Å². The van der Waals surface area contributed by atoms with Crippen LogP contribution in [0.25, 0.3) is 0 Å². The van der Waals surface area contributed by atoms with Crippen LogP contribution >= 0.6 is 0 Å². The molecule has 7 heteroatoms. The summed E-state index contributed by atoms with van der Waals surface area (Å²) in [6.07, 6.45) is -0.617. The van der Waals surface area contributed by atoms with E-state index in [1.54, 1.807) is 30.3 Å². The predicted molar refractivity (Wildman–Crippen MR) is 104 cm³/mol. The quantitative estimate of drug-likeness (QED) is 0.827. The second-order valence-electron chi connectivity index (χ2n) is 7.84. The van der Waals surface area contributed by atoms with E-state index in [1.165, 1.54) is 0 Å². The van der Waals surface area contributed by atoms with Gasteiger partial charge in [0.1, 0.15) is 12.2 Å². The molecule has 2 aliphatic rings. The maximum atomic E-state index is 13.6. The average molecular weight is 404 g/mol. The van der Waals surface area contributed by atoms with Crippen molar-refractivity contribution in [2.24, 2.45) is 0 Å². The van der Waals surface area contributed by atoms with Crippen LogP contribution in [0.3, 0.4) is 0 Å². The molecule has 2 fully saturated rings.